The van der Waals surface area contributed by atoms with Gasteiger partial charge in [-0.15, -0.1) is 0 Å². The fourth-order valence-electron chi connectivity index (χ4n) is 2.56. The normalized spacial score (nSPS) is 24.6. The Morgan fingerprint density at radius 1 is 0.875 bits per heavy atom. The lowest BCUT2D eigenvalue weighted by atomic mass is 9.76. The molecule has 1 saturated carbocycles. The van der Waals surface area contributed by atoms with Crippen molar-refractivity contribution in [3.05, 3.63) is 0 Å². The van der Waals surface area contributed by atoms with Crippen LogP contribution in [-0.4, -0.2) is 21.4 Å². The molecule has 2 heteroatoms. The van der Waals surface area contributed by atoms with E-state index in [1.54, 1.807) is 20.8 Å². The molecule has 0 heterocycles. The maximum absolute atomic E-state index is 10.3. The van der Waals surface area contributed by atoms with Crippen molar-refractivity contribution in [2.24, 2.45) is 5.92 Å². The number of aliphatic hydroxyl groups is 2. The van der Waals surface area contributed by atoms with Crippen LogP contribution in [0.15, 0.2) is 0 Å². The Morgan fingerprint density at radius 3 is 1.75 bits per heavy atom. The molecule has 0 bridgehead atoms. The lowest BCUT2D eigenvalue weighted by molar-refractivity contribution is -0.131. The van der Waals surface area contributed by atoms with Gasteiger partial charge in [0.2, 0.25) is 0 Å². The van der Waals surface area contributed by atoms with E-state index in [0.29, 0.717) is 5.92 Å². The van der Waals surface area contributed by atoms with Crippen molar-refractivity contribution in [3.8, 4) is 0 Å². The van der Waals surface area contributed by atoms with Crippen LogP contribution in [0.1, 0.15) is 72.1 Å². The van der Waals surface area contributed by atoms with Gasteiger partial charge < -0.3 is 10.2 Å². The van der Waals surface area contributed by atoms with Gasteiger partial charge >= 0.3 is 0 Å². The highest BCUT2D eigenvalue weighted by atomic mass is 16.3. The van der Waals surface area contributed by atoms with Gasteiger partial charge in [-0.25, -0.2) is 0 Å². The Hall–Kier alpha value is -0.0800. The van der Waals surface area contributed by atoms with Crippen LogP contribution in [0.3, 0.4) is 0 Å². The van der Waals surface area contributed by atoms with Gasteiger partial charge in [0.05, 0.1) is 11.2 Å². The zero-order valence-electron chi connectivity index (χ0n) is 11.1. The largest absolute Gasteiger partial charge is 0.387 e. The number of rotatable bonds is 3. The Bertz CT molecular complexity index is 195. The molecule has 2 nitrogen and oxygen atoms in total. The molecule has 16 heavy (non-hydrogen) atoms. The van der Waals surface area contributed by atoms with Crippen molar-refractivity contribution in [2.45, 2.75) is 83.3 Å². The quantitative estimate of drug-likeness (QED) is 0.778. The van der Waals surface area contributed by atoms with Crippen LogP contribution in [0.4, 0.5) is 0 Å². The molecule has 0 saturated heterocycles. The van der Waals surface area contributed by atoms with Gasteiger partial charge in [-0.1, -0.05) is 44.9 Å². The molecular weight excluding hydrogens is 200 g/mol. The van der Waals surface area contributed by atoms with Crippen LogP contribution >= 0.6 is 0 Å². The van der Waals surface area contributed by atoms with Gasteiger partial charge in [0, 0.05) is 0 Å². The smallest absolute Gasteiger partial charge is 0.0902 e. The molecule has 2 N–H and O–H groups in total. The fourth-order valence-corrected chi connectivity index (χ4v) is 2.56. The average Bonchev–Trinajstić information content (AvgIpc) is 2.07. The second-order valence-corrected chi connectivity index (χ2v) is 6.25. The first-order chi connectivity index (χ1) is 7.33. The molecule has 1 rings (SSSR count). The Morgan fingerprint density at radius 2 is 1.31 bits per heavy atom. The highest BCUT2D eigenvalue weighted by molar-refractivity contribution is 4.91. The summed E-state index contributed by atoms with van der Waals surface area (Å²) in [5.41, 5.74) is -1.97. The minimum Gasteiger partial charge on any atom is -0.387 e. The summed E-state index contributed by atoms with van der Waals surface area (Å²) in [6.07, 6.45) is 9.77. The summed E-state index contributed by atoms with van der Waals surface area (Å²) in [7, 11) is 0. The van der Waals surface area contributed by atoms with Gasteiger partial charge in [0.1, 0.15) is 0 Å². The minimum absolute atomic E-state index is 0.585. The molecular formula is C14H28O2. The van der Waals surface area contributed by atoms with Crippen LogP contribution in [0.25, 0.3) is 0 Å². The lowest BCUT2D eigenvalue weighted by Crippen LogP contribution is -2.48. The first kappa shape index (κ1) is 14.0. The zero-order chi connectivity index (χ0) is 12.2. The third-order valence-electron chi connectivity index (χ3n) is 4.23. The van der Waals surface area contributed by atoms with Crippen LogP contribution in [0, 0.1) is 5.92 Å². The van der Waals surface area contributed by atoms with Gasteiger partial charge in [-0.05, 0) is 33.1 Å². The molecule has 0 radical (unpaired) electrons. The van der Waals surface area contributed by atoms with Gasteiger partial charge in [0.15, 0.2) is 0 Å². The van der Waals surface area contributed by atoms with E-state index in [4.69, 9.17) is 0 Å². The van der Waals surface area contributed by atoms with Crippen molar-refractivity contribution >= 4 is 0 Å². The van der Waals surface area contributed by atoms with Gasteiger partial charge in [-0.3, -0.25) is 0 Å². The number of hydrogen-bond donors (Lipinski definition) is 2. The molecule has 1 unspecified atom stereocenters. The topological polar surface area (TPSA) is 40.5 Å². The summed E-state index contributed by atoms with van der Waals surface area (Å²) >= 11 is 0. The van der Waals surface area contributed by atoms with E-state index >= 15 is 0 Å². The standard InChI is InChI=1S/C14H28O2/c1-13(2,15)14(3,16)11-12-9-7-5-4-6-8-10-12/h12,15-16H,4-11H2,1-3H3. The van der Waals surface area contributed by atoms with E-state index in [9.17, 15) is 10.2 Å². The van der Waals surface area contributed by atoms with E-state index in [0.717, 1.165) is 6.42 Å². The summed E-state index contributed by atoms with van der Waals surface area (Å²) < 4.78 is 0. The third-order valence-corrected chi connectivity index (χ3v) is 4.23. The summed E-state index contributed by atoms with van der Waals surface area (Å²) in [6.45, 7) is 5.18. The molecule has 0 aromatic heterocycles. The highest BCUT2D eigenvalue weighted by Crippen LogP contribution is 2.34. The Kier molecular flexibility index (Phi) is 4.81. The molecule has 0 amide bonds. The van der Waals surface area contributed by atoms with E-state index in [-0.39, 0.29) is 0 Å². The van der Waals surface area contributed by atoms with Crippen LogP contribution in [0.5, 0.6) is 0 Å². The third kappa shape index (κ3) is 4.06. The van der Waals surface area contributed by atoms with Gasteiger partial charge in [0.25, 0.3) is 0 Å². The van der Waals surface area contributed by atoms with E-state index < -0.39 is 11.2 Å². The molecule has 1 aliphatic rings. The first-order valence-corrected chi connectivity index (χ1v) is 6.78. The summed E-state index contributed by atoms with van der Waals surface area (Å²) in [5.74, 6) is 0.585. The second-order valence-electron chi connectivity index (χ2n) is 6.25. The SMILES string of the molecule is CC(C)(O)C(C)(O)CC1CCCCCCC1. The summed E-state index contributed by atoms with van der Waals surface area (Å²) in [4.78, 5) is 0. The molecule has 1 fully saturated rings. The average molecular weight is 228 g/mol. The lowest BCUT2D eigenvalue weighted by Gasteiger charge is -2.38. The van der Waals surface area contributed by atoms with Gasteiger partial charge in [-0.2, -0.15) is 0 Å². The predicted molar refractivity (Wildman–Crippen MR) is 67.3 cm³/mol. The fraction of sp³-hybridized carbons (Fsp3) is 1.00. The molecule has 0 aromatic rings. The first-order valence-electron chi connectivity index (χ1n) is 6.78. The van der Waals surface area contributed by atoms with Crippen LogP contribution in [0.2, 0.25) is 0 Å². The van der Waals surface area contributed by atoms with Crippen molar-refractivity contribution in [1.82, 2.24) is 0 Å². The molecule has 0 aliphatic heterocycles. The van der Waals surface area contributed by atoms with Crippen molar-refractivity contribution in [2.75, 3.05) is 0 Å². The number of hydrogen-bond acceptors (Lipinski definition) is 2. The molecule has 1 aliphatic carbocycles. The highest BCUT2D eigenvalue weighted by Gasteiger charge is 2.39. The van der Waals surface area contributed by atoms with Crippen LogP contribution < -0.4 is 0 Å². The summed E-state index contributed by atoms with van der Waals surface area (Å²) in [6, 6.07) is 0. The van der Waals surface area contributed by atoms with E-state index in [1.807, 2.05) is 0 Å². The summed E-state index contributed by atoms with van der Waals surface area (Å²) in [5, 5.41) is 20.3. The monoisotopic (exact) mass is 228 g/mol. The minimum atomic E-state index is -1.00. The Labute approximate surface area is 100 Å². The zero-order valence-corrected chi connectivity index (χ0v) is 11.1. The molecule has 0 spiro atoms. The van der Waals surface area contributed by atoms with Crippen molar-refractivity contribution in [1.29, 1.82) is 0 Å². The van der Waals surface area contributed by atoms with E-state index in [1.165, 1.54) is 44.9 Å². The predicted octanol–water partition coefficient (Wildman–Crippen LogP) is 3.26. The van der Waals surface area contributed by atoms with Crippen molar-refractivity contribution < 1.29 is 10.2 Å². The molecule has 96 valence electrons. The Balaban J connectivity index is 2.50. The molecule has 1 atom stereocenters. The molecule has 0 aromatic carbocycles. The maximum Gasteiger partial charge on any atom is 0.0902 e. The van der Waals surface area contributed by atoms with Crippen molar-refractivity contribution in [3.63, 3.8) is 0 Å². The van der Waals surface area contributed by atoms with Crippen LogP contribution in [-0.2, 0) is 0 Å². The second kappa shape index (κ2) is 5.50. The maximum atomic E-state index is 10.3. The van der Waals surface area contributed by atoms with E-state index in [2.05, 4.69) is 0 Å².